The Morgan fingerprint density at radius 3 is 2.00 bits per heavy atom. The third-order valence-electron chi connectivity index (χ3n) is 6.76. The van der Waals surface area contributed by atoms with E-state index in [1.807, 2.05) is 13.8 Å². The number of aryl methyl sites for hydroxylation is 2. The standard InChI is InChI=1S/C32H39N3O/c1-5-7-19-34(22-26-20-24(3)31(36)25(4)21-26)23-29-30(27-14-10-8-11-15-27)33-32(35(29)18-6-2)28-16-12-9-13-17-28/h8-17,20-21,36H,5-7,18-19,22-23H2,1-4H3. The summed E-state index contributed by atoms with van der Waals surface area (Å²) in [7, 11) is 0. The quantitative estimate of drug-likeness (QED) is 0.238. The molecule has 1 N–H and O–H groups in total. The maximum Gasteiger partial charge on any atom is 0.140 e. The van der Waals surface area contributed by atoms with E-state index in [-0.39, 0.29) is 0 Å². The number of imidazole rings is 1. The zero-order chi connectivity index (χ0) is 25.5. The largest absolute Gasteiger partial charge is 0.507 e. The molecular formula is C32H39N3O. The second-order valence-electron chi connectivity index (χ2n) is 9.76. The van der Waals surface area contributed by atoms with Crippen LogP contribution in [0, 0.1) is 13.8 Å². The van der Waals surface area contributed by atoms with Crippen molar-refractivity contribution in [1.29, 1.82) is 0 Å². The van der Waals surface area contributed by atoms with E-state index in [0.29, 0.717) is 5.75 Å². The van der Waals surface area contributed by atoms with Crippen molar-refractivity contribution in [1.82, 2.24) is 14.5 Å². The van der Waals surface area contributed by atoms with Crippen molar-refractivity contribution in [2.45, 2.75) is 66.6 Å². The van der Waals surface area contributed by atoms with Crippen molar-refractivity contribution < 1.29 is 5.11 Å². The van der Waals surface area contributed by atoms with E-state index in [2.05, 4.69) is 96.1 Å². The third kappa shape index (κ3) is 5.88. The van der Waals surface area contributed by atoms with Crippen LogP contribution >= 0.6 is 0 Å². The van der Waals surface area contributed by atoms with E-state index >= 15 is 0 Å². The number of rotatable bonds is 11. The molecule has 0 radical (unpaired) electrons. The Labute approximate surface area is 216 Å². The molecule has 0 atom stereocenters. The van der Waals surface area contributed by atoms with Crippen LogP contribution in [-0.2, 0) is 19.6 Å². The average Bonchev–Trinajstić information content (AvgIpc) is 3.24. The first kappa shape index (κ1) is 25.7. The van der Waals surface area contributed by atoms with Gasteiger partial charge in [-0.25, -0.2) is 4.98 Å². The number of unbranched alkanes of at least 4 members (excludes halogenated alkanes) is 1. The van der Waals surface area contributed by atoms with Gasteiger partial charge in [0.05, 0.1) is 11.4 Å². The van der Waals surface area contributed by atoms with E-state index in [1.54, 1.807) is 0 Å². The van der Waals surface area contributed by atoms with Crippen LogP contribution in [0.1, 0.15) is 55.5 Å². The number of phenols is 1. The molecule has 0 aliphatic heterocycles. The summed E-state index contributed by atoms with van der Waals surface area (Å²) in [6, 6.07) is 25.4. The van der Waals surface area contributed by atoms with Crippen LogP contribution in [0.25, 0.3) is 22.6 Å². The topological polar surface area (TPSA) is 41.3 Å². The predicted octanol–water partition coefficient (Wildman–Crippen LogP) is 7.75. The summed E-state index contributed by atoms with van der Waals surface area (Å²) in [5.74, 6) is 1.44. The van der Waals surface area contributed by atoms with Gasteiger partial charge in [-0.1, -0.05) is 93.1 Å². The lowest BCUT2D eigenvalue weighted by Crippen LogP contribution is -2.26. The molecule has 4 rings (SSSR count). The molecule has 188 valence electrons. The number of hydrogen-bond acceptors (Lipinski definition) is 3. The lowest BCUT2D eigenvalue weighted by Gasteiger charge is -2.25. The van der Waals surface area contributed by atoms with Crippen LogP contribution in [0.4, 0.5) is 0 Å². The Morgan fingerprint density at radius 1 is 0.806 bits per heavy atom. The van der Waals surface area contributed by atoms with E-state index in [4.69, 9.17) is 4.98 Å². The molecule has 1 heterocycles. The van der Waals surface area contributed by atoms with Crippen LogP contribution in [0.5, 0.6) is 5.75 Å². The van der Waals surface area contributed by atoms with Crippen molar-refractivity contribution in [3.63, 3.8) is 0 Å². The van der Waals surface area contributed by atoms with Gasteiger partial charge >= 0.3 is 0 Å². The Balaban J connectivity index is 1.79. The first-order chi connectivity index (χ1) is 17.5. The summed E-state index contributed by atoms with van der Waals surface area (Å²) < 4.78 is 2.43. The van der Waals surface area contributed by atoms with Gasteiger partial charge in [-0.2, -0.15) is 0 Å². The molecule has 0 amide bonds. The minimum Gasteiger partial charge on any atom is -0.507 e. The molecule has 4 nitrogen and oxygen atoms in total. The van der Waals surface area contributed by atoms with Gasteiger partial charge in [0, 0.05) is 30.8 Å². The molecule has 0 saturated carbocycles. The normalized spacial score (nSPS) is 11.4. The SMILES string of the molecule is CCCCN(Cc1cc(C)c(O)c(C)c1)Cc1c(-c2ccccc2)nc(-c2ccccc2)n1CCC. The fraction of sp³-hybridized carbons (Fsp3) is 0.344. The summed E-state index contributed by atoms with van der Waals surface area (Å²) in [4.78, 5) is 7.79. The second-order valence-corrected chi connectivity index (χ2v) is 9.76. The third-order valence-corrected chi connectivity index (χ3v) is 6.76. The highest BCUT2D eigenvalue weighted by Crippen LogP contribution is 2.32. The fourth-order valence-electron chi connectivity index (χ4n) is 4.95. The zero-order valence-electron chi connectivity index (χ0n) is 22.2. The minimum absolute atomic E-state index is 0.402. The minimum atomic E-state index is 0.402. The Hall–Kier alpha value is -3.37. The Kier molecular flexibility index (Phi) is 8.61. The molecule has 0 aliphatic carbocycles. The molecule has 36 heavy (non-hydrogen) atoms. The van der Waals surface area contributed by atoms with Crippen molar-refractivity contribution in [2.24, 2.45) is 0 Å². The van der Waals surface area contributed by atoms with Crippen LogP contribution in [0.15, 0.2) is 72.8 Å². The number of hydrogen-bond donors (Lipinski definition) is 1. The monoisotopic (exact) mass is 481 g/mol. The van der Waals surface area contributed by atoms with Crippen LogP contribution in [0.3, 0.4) is 0 Å². The Bertz CT molecular complexity index is 1240. The molecule has 0 bridgehead atoms. The average molecular weight is 482 g/mol. The van der Waals surface area contributed by atoms with Gasteiger partial charge in [-0.3, -0.25) is 4.90 Å². The highest BCUT2D eigenvalue weighted by Gasteiger charge is 2.22. The molecule has 0 aliphatic rings. The van der Waals surface area contributed by atoms with Gasteiger partial charge in [-0.05, 0) is 49.9 Å². The first-order valence-corrected chi connectivity index (χ1v) is 13.2. The zero-order valence-corrected chi connectivity index (χ0v) is 22.2. The lowest BCUT2D eigenvalue weighted by atomic mass is 10.0. The predicted molar refractivity (Wildman–Crippen MR) is 150 cm³/mol. The van der Waals surface area contributed by atoms with E-state index in [0.717, 1.165) is 79.2 Å². The van der Waals surface area contributed by atoms with Gasteiger partial charge < -0.3 is 9.67 Å². The maximum atomic E-state index is 10.3. The molecule has 0 fully saturated rings. The molecule has 0 spiro atoms. The number of nitrogens with zero attached hydrogens (tertiary/aromatic N) is 3. The highest BCUT2D eigenvalue weighted by molar-refractivity contribution is 5.68. The van der Waals surface area contributed by atoms with Crippen molar-refractivity contribution in [2.75, 3.05) is 6.54 Å². The van der Waals surface area contributed by atoms with Gasteiger partial charge in [0.2, 0.25) is 0 Å². The van der Waals surface area contributed by atoms with Gasteiger partial charge in [0.25, 0.3) is 0 Å². The van der Waals surface area contributed by atoms with Crippen LogP contribution in [0.2, 0.25) is 0 Å². The van der Waals surface area contributed by atoms with Crippen LogP contribution < -0.4 is 0 Å². The van der Waals surface area contributed by atoms with Gasteiger partial charge in [-0.15, -0.1) is 0 Å². The number of aromatic nitrogens is 2. The summed E-state index contributed by atoms with van der Waals surface area (Å²) in [6.07, 6.45) is 3.34. The molecule has 0 unspecified atom stereocenters. The maximum absolute atomic E-state index is 10.3. The van der Waals surface area contributed by atoms with Gasteiger partial charge in [0.15, 0.2) is 0 Å². The molecule has 4 aromatic rings. The number of aromatic hydroxyl groups is 1. The number of phenolic OH excluding ortho intramolecular Hbond substituents is 1. The Morgan fingerprint density at radius 2 is 1.42 bits per heavy atom. The number of benzene rings is 3. The molecule has 3 aromatic carbocycles. The van der Waals surface area contributed by atoms with Gasteiger partial charge in [0.1, 0.15) is 11.6 Å². The summed E-state index contributed by atoms with van der Waals surface area (Å²) in [6.45, 7) is 12.1. The van der Waals surface area contributed by atoms with E-state index in [1.165, 1.54) is 11.3 Å². The van der Waals surface area contributed by atoms with Crippen molar-refractivity contribution >= 4 is 0 Å². The van der Waals surface area contributed by atoms with Crippen molar-refractivity contribution in [3.05, 3.63) is 95.2 Å². The summed E-state index contributed by atoms with van der Waals surface area (Å²) in [5.41, 5.74) is 7.77. The molecule has 4 heteroatoms. The van der Waals surface area contributed by atoms with E-state index in [9.17, 15) is 5.11 Å². The molecule has 0 saturated heterocycles. The summed E-state index contributed by atoms with van der Waals surface area (Å²) in [5, 5.41) is 10.3. The first-order valence-electron chi connectivity index (χ1n) is 13.2. The smallest absolute Gasteiger partial charge is 0.140 e. The summed E-state index contributed by atoms with van der Waals surface area (Å²) >= 11 is 0. The lowest BCUT2D eigenvalue weighted by molar-refractivity contribution is 0.246. The van der Waals surface area contributed by atoms with Crippen molar-refractivity contribution in [3.8, 4) is 28.4 Å². The highest BCUT2D eigenvalue weighted by atomic mass is 16.3. The van der Waals surface area contributed by atoms with Crippen LogP contribution in [-0.4, -0.2) is 26.1 Å². The second kappa shape index (κ2) is 12.0. The molecule has 1 aromatic heterocycles. The fourth-order valence-corrected chi connectivity index (χ4v) is 4.95. The van der Waals surface area contributed by atoms with E-state index < -0.39 is 0 Å². The molecular weight excluding hydrogens is 442 g/mol.